The average Bonchev–Trinajstić information content (AvgIpc) is 3.14. The molecule has 0 spiro atoms. The predicted molar refractivity (Wildman–Crippen MR) is 128 cm³/mol. The summed E-state index contributed by atoms with van der Waals surface area (Å²) < 4.78 is 17.9. The molecule has 0 bridgehead atoms. The Kier molecular flexibility index (Phi) is 7.89. The maximum Gasteiger partial charge on any atom is 0.257 e. The van der Waals surface area contributed by atoms with Gasteiger partial charge < -0.3 is 19.5 Å². The fourth-order valence-corrected chi connectivity index (χ4v) is 4.22. The second kappa shape index (κ2) is 10.6. The number of ether oxygens (including phenoxy) is 3. The van der Waals surface area contributed by atoms with Crippen LogP contribution in [0.2, 0.25) is 5.02 Å². The van der Waals surface area contributed by atoms with Gasteiger partial charge in [0.1, 0.15) is 5.52 Å². The highest BCUT2D eigenvalue weighted by Gasteiger charge is 2.19. The van der Waals surface area contributed by atoms with Crippen LogP contribution in [0.1, 0.15) is 31.1 Å². The molecule has 0 saturated heterocycles. The zero-order valence-corrected chi connectivity index (χ0v) is 19.7. The molecule has 3 rings (SSSR count). The van der Waals surface area contributed by atoms with Crippen molar-refractivity contribution >= 4 is 61.5 Å². The van der Waals surface area contributed by atoms with Gasteiger partial charge in [0.05, 0.1) is 29.5 Å². The molecular weight excluding hydrogens is 458 g/mol. The fourth-order valence-electron chi connectivity index (χ4n) is 2.79. The highest BCUT2D eigenvalue weighted by atomic mass is 35.5. The van der Waals surface area contributed by atoms with Crippen LogP contribution in [0.15, 0.2) is 30.3 Å². The molecule has 2 aromatic carbocycles. The first kappa shape index (κ1) is 23.1. The van der Waals surface area contributed by atoms with Crippen LogP contribution in [-0.2, 0) is 0 Å². The molecule has 0 radical (unpaired) electrons. The quantitative estimate of drug-likeness (QED) is 0.426. The SMILES string of the molecule is CCOc1cc(C(=O)NC(=S)Nc2nc3c(Cl)cccc3s2)cc(OCC)c1OCC. The number of thiazole rings is 1. The second-order valence-electron chi connectivity index (χ2n) is 6.11. The summed E-state index contributed by atoms with van der Waals surface area (Å²) in [5, 5.41) is 6.79. The zero-order chi connectivity index (χ0) is 22.4. The zero-order valence-electron chi connectivity index (χ0n) is 17.3. The highest BCUT2D eigenvalue weighted by molar-refractivity contribution is 7.80. The van der Waals surface area contributed by atoms with E-state index in [2.05, 4.69) is 15.6 Å². The standard InChI is InChI=1S/C21H22ClN3O4S2/c1-4-27-14-10-12(11-15(28-5-2)18(14)29-6-3)19(26)24-20(30)25-21-23-17-13(22)8-7-9-16(17)31-21/h7-11H,4-6H2,1-3H3,(H2,23,24,25,26,30). The first-order chi connectivity index (χ1) is 15.0. The van der Waals surface area contributed by atoms with Crippen molar-refractivity contribution in [3.63, 3.8) is 0 Å². The Bertz CT molecular complexity index is 1080. The van der Waals surface area contributed by atoms with E-state index < -0.39 is 5.91 Å². The molecule has 1 amide bonds. The van der Waals surface area contributed by atoms with Gasteiger partial charge in [-0.3, -0.25) is 10.1 Å². The monoisotopic (exact) mass is 479 g/mol. The van der Waals surface area contributed by atoms with Gasteiger partial charge >= 0.3 is 0 Å². The molecule has 0 aliphatic heterocycles. The van der Waals surface area contributed by atoms with Gasteiger partial charge in [0, 0.05) is 5.56 Å². The Hall–Kier alpha value is -2.62. The van der Waals surface area contributed by atoms with Crippen molar-refractivity contribution in [2.75, 3.05) is 25.1 Å². The number of para-hydroxylation sites is 1. The van der Waals surface area contributed by atoms with E-state index in [0.717, 1.165) is 4.70 Å². The van der Waals surface area contributed by atoms with Gasteiger partial charge in [-0.2, -0.15) is 0 Å². The molecule has 0 unspecified atom stereocenters. The summed E-state index contributed by atoms with van der Waals surface area (Å²) in [6.07, 6.45) is 0. The van der Waals surface area contributed by atoms with Crippen molar-refractivity contribution in [1.29, 1.82) is 0 Å². The van der Waals surface area contributed by atoms with E-state index in [9.17, 15) is 4.79 Å². The minimum Gasteiger partial charge on any atom is -0.490 e. The lowest BCUT2D eigenvalue weighted by atomic mass is 10.1. The molecule has 3 aromatic rings. The Morgan fingerprint density at radius 3 is 2.32 bits per heavy atom. The maximum atomic E-state index is 12.8. The lowest BCUT2D eigenvalue weighted by Crippen LogP contribution is -2.34. The fraction of sp³-hybridized carbons (Fsp3) is 0.286. The summed E-state index contributed by atoms with van der Waals surface area (Å²) in [4.78, 5) is 17.2. The number of nitrogens with zero attached hydrogens (tertiary/aromatic N) is 1. The van der Waals surface area contributed by atoms with Gasteiger partial charge in [0.15, 0.2) is 21.7 Å². The first-order valence-electron chi connectivity index (χ1n) is 9.70. The van der Waals surface area contributed by atoms with Crippen molar-refractivity contribution in [3.05, 3.63) is 40.9 Å². The number of amides is 1. The molecule has 0 aliphatic rings. The number of benzene rings is 2. The number of fused-ring (bicyclic) bond motifs is 1. The minimum atomic E-state index is -0.415. The molecule has 164 valence electrons. The van der Waals surface area contributed by atoms with Crippen molar-refractivity contribution in [2.45, 2.75) is 20.8 Å². The van der Waals surface area contributed by atoms with Crippen LogP contribution in [0.25, 0.3) is 10.2 Å². The Balaban J connectivity index is 1.79. The number of hydrogen-bond donors (Lipinski definition) is 2. The molecule has 31 heavy (non-hydrogen) atoms. The molecule has 0 fully saturated rings. The summed E-state index contributed by atoms with van der Waals surface area (Å²) in [5.74, 6) is 0.914. The summed E-state index contributed by atoms with van der Waals surface area (Å²) in [7, 11) is 0. The minimum absolute atomic E-state index is 0.116. The number of nitrogens with one attached hydrogen (secondary N) is 2. The molecule has 10 heteroatoms. The van der Waals surface area contributed by atoms with Crippen molar-refractivity contribution in [1.82, 2.24) is 10.3 Å². The third-order valence-corrected chi connectivity index (χ3v) is 5.43. The highest BCUT2D eigenvalue weighted by Crippen LogP contribution is 2.39. The predicted octanol–water partition coefficient (Wildman–Crippen LogP) is 5.27. The lowest BCUT2D eigenvalue weighted by molar-refractivity contribution is 0.0976. The van der Waals surface area contributed by atoms with E-state index in [4.69, 9.17) is 38.0 Å². The number of carbonyl (C=O) groups excluding carboxylic acids is 1. The average molecular weight is 480 g/mol. The first-order valence-corrected chi connectivity index (χ1v) is 11.3. The third kappa shape index (κ3) is 5.55. The van der Waals surface area contributed by atoms with E-state index in [-0.39, 0.29) is 5.11 Å². The normalized spacial score (nSPS) is 10.6. The number of anilines is 1. The Morgan fingerprint density at radius 1 is 1.10 bits per heavy atom. The van der Waals surface area contributed by atoms with E-state index in [1.54, 1.807) is 18.2 Å². The van der Waals surface area contributed by atoms with Gasteiger partial charge in [-0.15, -0.1) is 0 Å². The van der Waals surface area contributed by atoms with Gasteiger partial charge in [0.25, 0.3) is 5.91 Å². The van der Waals surface area contributed by atoms with Crippen LogP contribution < -0.4 is 24.8 Å². The summed E-state index contributed by atoms with van der Waals surface area (Å²) in [6.45, 7) is 6.84. The van der Waals surface area contributed by atoms with Gasteiger partial charge in [-0.25, -0.2) is 4.98 Å². The number of thiocarbonyl (C=S) groups is 1. The molecule has 1 heterocycles. The van der Waals surface area contributed by atoms with Gasteiger partial charge in [-0.05, 0) is 57.3 Å². The Morgan fingerprint density at radius 2 is 1.74 bits per heavy atom. The number of hydrogen-bond acceptors (Lipinski definition) is 7. The van der Waals surface area contributed by atoms with Gasteiger partial charge in [-0.1, -0.05) is 29.0 Å². The molecular formula is C21H22ClN3O4S2. The van der Waals surface area contributed by atoms with Crippen molar-refractivity contribution in [3.8, 4) is 17.2 Å². The summed E-state index contributed by atoms with van der Waals surface area (Å²) >= 11 is 12.8. The van der Waals surface area contributed by atoms with Crippen LogP contribution in [-0.4, -0.2) is 35.8 Å². The molecule has 0 atom stereocenters. The van der Waals surface area contributed by atoms with Crippen molar-refractivity contribution in [2.24, 2.45) is 0 Å². The van der Waals surface area contributed by atoms with Crippen LogP contribution in [0.3, 0.4) is 0 Å². The largest absolute Gasteiger partial charge is 0.490 e. The summed E-state index contributed by atoms with van der Waals surface area (Å²) in [5.41, 5.74) is 1.01. The van der Waals surface area contributed by atoms with Crippen molar-refractivity contribution < 1.29 is 19.0 Å². The number of rotatable bonds is 8. The summed E-state index contributed by atoms with van der Waals surface area (Å²) in [6, 6.07) is 8.74. The third-order valence-electron chi connectivity index (χ3n) is 3.99. The second-order valence-corrected chi connectivity index (χ2v) is 7.96. The molecule has 7 nitrogen and oxygen atoms in total. The number of aromatic nitrogens is 1. The Labute approximate surface area is 194 Å². The van der Waals surface area contributed by atoms with Crippen LogP contribution in [0.4, 0.5) is 5.13 Å². The molecule has 0 saturated carbocycles. The number of carbonyl (C=O) groups is 1. The number of halogens is 1. The van der Waals surface area contributed by atoms with E-state index in [1.807, 2.05) is 32.9 Å². The van der Waals surface area contributed by atoms with E-state index in [0.29, 0.717) is 58.3 Å². The van der Waals surface area contributed by atoms with Crippen LogP contribution >= 0.6 is 35.2 Å². The van der Waals surface area contributed by atoms with Crippen LogP contribution in [0.5, 0.6) is 17.2 Å². The van der Waals surface area contributed by atoms with Gasteiger partial charge in [0.2, 0.25) is 5.75 Å². The molecule has 2 N–H and O–H groups in total. The lowest BCUT2D eigenvalue weighted by Gasteiger charge is -2.17. The van der Waals surface area contributed by atoms with E-state index >= 15 is 0 Å². The molecule has 0 aliphatic carbocycles. The molecule has 1 aromatic heterocycles. The van der Waals surface area contributed by atoms with Crippen LogP contribution in [0, 0.1) is 0 Å². The topological polar surface area (TPSA) is 81.7 Å². The van der Waals surface area contributed by atoms with E-state index in [1.165, 1.54) is 11.3 Å². The smallest absolute Gasteiger partial charge is 0.257 e. The maximum absolute atomic E-state index is 12.8.